The minimum Gasteiger partial charge on any atom is -0.496 e. The molecule has 26 heavy (non-hydrogen) atoms. The predicted octanol–water partition coefficient (Wildman–Crippen LogP) is 3.33. The van der Waals surface area contributed by atoms with Crippen molar-refractivity contribution in [2.45, 2.75) is 31.7 Å². The highest BCUT2D eigenvalue weighted by molar-refractivity contribution is 5.97. The van der Waals surface area contributed by atoms with E-state index in [2.05, 4.69) is 10.3 Å². The van der Waals surface area contributed by atoms with E-state index in [1.54, 1.807) is 25.4 Å². The molecule has 138 valence electrons. The molecule has 1 unspecified atom stereocenters. The van der Waals surface area contributed by atoms with Crippen molar-refractivity contribution in [3.63, 3.8) is 0 Å². The number of amides is 1. The summed E-state index contributed by atoms with van der Waals surface area (Å²) in [5.41, 5.74) is 7.29. The molecule has 1 amide bonds. The Hall–Kier alpha value is -2.40. The van der Waals surface area contributed by atoms with Gasteiger partial charge < -0.3 is 15.8 Å². The minimum absolute atomic E-state index is 0.104. The Morgan fingerprint density at radius 1 is 1.19 bits per heavy atom. The molecule has 0 aliphatic heterocycles. The van der Waals surface area contributed by atoms with Gasteiger partial charge in [0.15, 0.2) is 0 Å². The summed E-state index contributed by atoms with van der Waals surface area (Å²) in [6, 6.07) is 13.0. The Balaban J connectivity index is 1.81. The van der Waals surface area contributed by atoms with Crippen LogP contribution in [-0.2, 0) is 0 Å². The summed E-state index contributed by atoms with van der Waals surface area (Å²) in [6.45, 7) is 0.745. The van der Waals surface area contributed by atoms with Crippen molar-refractivity contribution in [2.24, 2.45) is 17.6 Å². The summed E-state index contributed by atoms with van der Waals surface area (Å²) >= 11 is 0. The van der Waals surface area contributed by atoms with Crippen LogP contribution >= 0.6 is 0 Å². The average Bonchev–Trinajstić information content (AvgIpc) is 2.72. The first-order chi connectivity index (χ1) is 12.7. The van der Waals surface area contributed by atoms with Crippen LogP contribution in [0.1, 0.15) is 47.8 Å². The number of benzene rings is 1. The lowest BCUT2D eigenvalue weighted by atomic mass is 9.77. The van der Waals surface area contributed by atoms with Crippen molar-refractivity contribution in [3.05, 3.63) is 59.9 Å². The number of rotatable bonds is 6. The van der Waals surface area contributed by atoms with E-state index in [4.69, 9.17) is 10.5 Å². The van der Waals surface area contributed by atoms with Crippen molar-refractivity contribution in [3.8, 4) is 5.75 Å². The summed E-state index contributed by atoms with van der Waals surface area (Å²) in [7, 11) is 1.58. The minimum atomic E-state index is -0.126. The Morgan fingerprint density at radius 3 is 2.58 bits per heavy atom. The quantitative estimate of drug-likeness (QED) is 0.835. The number of ether oxygens (including phenoxy) is 1. The molecule has 2 aromatic rings. The van der Waals surface area contributed by atoms with Gasteiger partial charge in [-0.05, 0) is 68.3 Å². The Labute approximate surface area is 155 Å². The van der Waals surface area contributed by atoms with Gasteiger partial charge in [0.2, 0.25) is 0 Å². The Bertz CT molecular complexity index is 712. The third-order valence-electron chi connectivity index (χ3n) is 5.34. The number of methoxy groups -OCH3 is 1. The average molecular weight is 353 g/mol. The van der Waals surface area contributed by atoms with Crippen LogP contribution in [0.4, 0.5) is 0 Å². The molecular weight excluding hydrogens is 326 g/mol. The molecule has 1 aromatic heterocycles. The number of nitrogens with two attached hydrogens (primary N) is 1. The van der Waals surface area contributed by atoms with E-state index >= 15 is 0 Å². The van der Waals surface area contributed by atoms with Gasteiger partial charge in [-0.3, -0.25) is 9.78 Å². The molecule has 3 rings (SSSR count). The van der Waals surface area contributed by atoms with Gasteiger partial charge in [-0.2, -0.15) is 0 Å². The van der Waals surface area contributed by atoms with Gasteiger partial charge in [-0.15, -0.1) is 0 Å². The summed E-state index contributed by atoms with van der Waals surface area (Å²) in [6.07, 6.45) is 6.10. The molecule has 0 saturated heterocycles. The van der Waals surface area contributed by atoms with E-state index in [0.29, 0.717) is 23.1 Å². The van der Waals surface area contributed by atoms with E-state index in [1.807, 2.05) is 30.3 Å². The number of pyridine rings is 1. The molecule has 1 saturated carbocycles. The number of hydrogen-bond donors (Lipinski definition) is 2. The van der Waals surface area contributed by atoms with Crippen LogP contribution in [0.5, 0.6) is 5.75 Å². The number of nitrogens with zero attached hydrogens (tertiary/aromatic N) is 1. The monoisotopic (exact) mass is 353 g/mol. The third kappa shape index (κ3) is 4.22. The number of nitrogens with one attached hydrogen (secondary N) is 1. The maximum absolute atomic E-state index is 12.9. The van der Waals surface area contributed by atoms with E-state index in [9.17, 15) is 4.79 Å². The zero-order chi connectivity index (χ0) is 18.4. The fourth-order valence-corrected chi connectivity index (χ4v) is 3.80. The van der Waals surface area contributed by atoms with E-state index in [1.165, 1.54) is 0 Å². The van der Waals surface area contributed by atoms with Crippen molar-refractivity contribution in [1.82, 2.24) is 10.3 Å². The summed E-state index contributed by atoms with van der Waals surface area (Å²) < 4.78 is 5.34. The molecule has 5 heteroatoms. The van der Waals surface area contributed by atoms with Gasteiger partial charge in [0.05, 0.1) is 24.4 Å². The number of carbonyl (C=O) groups excluding carboxylic acids is 1. The molecule has 1 aliphatic rings. The summed E-state index contributed by atoms with van der Waals surface area (Å²) in [4.78, 5) is 17.4. The smallest absolute Gasteiger partial charge is 0.255 e. The maximum atomic E-state index is 12.9. The summed E-state index contributed by atoms with van der Waals surface area (Å²) in [5, 5.41) is 3.21. The van der Waals surface area contributed by atoms with Crippen molar-refractivity contribution in [1.29, 1.82) is 0 Å². The van der Waals surface area contributed by atoms with E-state index in [0.717, 1.165) is 37.9 Å². The lowest BCUT2D eigenvalue weighted by molar-refractivity contribution is 0.0902. The molecule has 0 bridgehead atoms. The van der Waals surface area contributed by atoms with Crippen molar-refractivity contribution < 1.29 is 9.53 Å². The largest absolute Gasteiger partial charge is 0.496 e. The van der Waals surface area contributed by atoms with E-state index in [-0.39, 0.29) is 11.9 Å². The van der Waals surface area contributed by atoms with Crippen LogP contribution < -0.4 is 15.8 Å². The normalized spacial score (nSPS) is 21.0. The first kappa shape index (κ1) is 18.4. The predicted molar refractivity (Wildman–Crippen MR) is 102 cm³/mol. The zero-order valence-electron chi connectivity index (χ0n) is 15.2. The second-order valence-electron chi connectivity index (χ2n) is 6.92. The topological polar surface area (TPSA) is 77.2 Å². The molecule has 3 N–H and O–H groups in total. The fourth-order valence-electron chi connectivity index (χ4n) is 3.80. The number of carbonyl (C=O) groups is 1. The Kier molecular flexibility index (Phi) is 6.23. The highest BCUT2D eigenvalue weighted by atomic mass is 16.5. The third-order valence-corrected chi connectivity index (χ3v) is 5.34. The first-order valence-electron chi connectivity index (χ1n) is 9.27. The number of para-hydroxylation sites is 1. The molecule has 1 heterocycles. The number of aromatic nitrogens is 1. The van der Waals surface area contributed by atoms with Crippen LogP contribution in [0.15, 0.2) is 48.7 Å². The second kappa shape index (κ2) is 8.81. The molecule has 0 radical (unpaired) electrons. The summed E-state index contributed by atoms with van der Waals surface area (Å²) in [5.74, 6) is 1.42. The van der Waals surface area contributed by atoms with Crippen LogP contribution in [-0.4, -0.2) is 24.5 Å². The zero-order valence-corrected chi connectivity index (χ0v) is 15.2. The lowest BCUT2D eigenvalue weighted by Crippen LogP contribution is -2.36. The highest BCUT2D eigenvalue weighted by Crippen LogP contribution is 2.36. The molecule has 0 spiro atoms. The second-order valence-corrected chi connectivity index (χ2v) is 6.92. The van der Waals surface area contributed by atoms with Gasteiger partial charge in [0, 0.05) is 6.20 Å². The van der Waals surface area contributed by atoms with Crippen LogP contribution in [0.3, 0.4) is 0 Å². The van der Waals surface area contributed by atoms with Crippen molar-refractivity contribution in [2.75, 3.05) is 13.7 Å². The molecule has 1 aromatic carbocycles. The molecular formula is C21H27N3O2. The highest BCUT2D eigenvalue weighted by Gasteiger charge is 2.30. The molecule has 5 nitrogen and oxygen atoms in total. The van der Waals surface area contributed by atoms with E-state index < -0.39 is 0 Å². The van der Waals surface area contributed by atoms with Gasteiger partial charge in [0.25, 0.3) is 5.91 Å². The Morgan fingerprint density at radius 2 is 1.92 bits per heavy atom. The molecule has 1 fully saturated rings. The van der Waals surface area contributed by atoms with Gasteiger partial charge in [-0.1, -0.05) is 18.2 Å². The molecule has 1 atom stereocenters. The number of hydrogen-bond acceptors (Lipinski definition) is 4. The SMILES string of the molecule is COc1ccccc1C(=O)NC(c1ccccn1)C1CCC(CN)CC1. The molecule has 1 aliphatic carbocycles. The fraction of sp³-hybridized carbons (Fsp3) is 0.429. The van der Waals surface area contributed by atoms with Crippen molar-refractivity contribution >= 4 is 5.91 Å². The van der Waals surface area contributed by atoms with Gasteiger partial charge in [0.1, 0.15) is 5.75 Å². The van der Waals surface area contributed by atoms with Crippen LogP contribution in [0.2, 0.25) is 0 Å². The van der Waals surface area contributed by atoms with Crippen LogP contribution in [0.25, 0.3) is 0 Å². The maximum Gasteiger partial charge on any atom is 0.255 e. The van der Waals surface area contributed by atoms with Crippen LogP contribution in [0, 0.1) is 11.8 Å². The first-order valence-corrected chi connectivity index (χ1v) is 9.27. The lowest BCUT2D eigenvalue weighted by Gasteiger charge is -2.33. The standard InChI is InChI=1S/C21H27N3O2/c1-26-19-8-3-2-6-17(19)21(25)24-20(18-7-4-5-13-23-18)16-11-9-15(14-22)10-12-16/h2-8,13,15-16,20H,9-12,14,22H2,1H3,(H,24,25). The van der Waals surface area contributed by atoms with Gasteiger partial charge in [-0.25, -0.2) is 0 Å². The van der Waals surface area contributed by atoms with Gasteiger partial charge >= 0.3 is 0 Å².